The number of amides is 1. The van der Waals surface area contributed by atoms with E-state index in [0.717, 1.165) is 15.7 Å². The molecule has 1 aromatic heterocycles. The molecular weight excluding hydrogens is 444 g/mol. The number of carbonyl (C=O) groups excluding carboxylic acids is 2. The van der Waals surface area contributed by atoms with Gasteiger partial charge in [-0.1, -0.05) is 12.1 Å². The molecule has 1 heterocycles. The number of thiazole rings is 1. The average Bonchev–Trinajstić information content (AvgIpc) is 3.20. The Kier molecular flexibility index (Phi) is 6.78. The number of anilines is 1. The third kappa shape index (κ3) is 5.64. The van der Waals surface area contributed by atoms with Crippen LogP contribution in [0.25, 0.3) is 0 Å². The van der Waals surface area contributed by atoms with Crippen molar-refractivity contribution in [1.82, 2.24) is 4.98 Å². The summed E-state index contributed by atoms with van der Waals surface area (Å²) in [6.07, 6.45) is 0. The van der Waals surface area contributed by atoms with E-state index in [0.29, 0.717) is 23.6 Å². The number of esters is 1. The van der Waals surface area contributed by atoms with Crippen LogP contribution in [0.5, 0.6) is 5.75 Å². The van der Waals surface area contributed by atoms with Crippen LogP contribution in [0.15, 0.2) is 57.8 Å². The Hall–Kier alpha value is -2.71. The maximum absolute atomic E-state index is 12.2. The molecule has 3 rings (SSSR count). The summed E-state index contributed by atoms with van der Waals surface area (Å²) >= 11 is 4.88. The SMILES string of the molecule is Cc1ccc(NC(=O)COC(=O)c2cccc(OCc3cscn3)c2)c(Br)c1. The van der Waals surface area contributed by atoms with Crippen LogP contribution in [0, 0.1) is 6.92 Å². The Balaban J connectivity index is 1.52. The van der Waals surface area contributed by atoms with Gasteiger partial charge in [-0.25, -0.2) is 9.78 Å². The van der Waals surface area contributed by atoms with Crippen LogP contribution in [0.2, 0.25) is 0 Å². The molecule has 0 aliphatic heterocycles. The van der Waals surface area contributed by atoms with Gasteiger partial charge < -0.3 is 14.8 Å². The lowest BCUT2D eigenvalue weighted by Crippen LogP contribution is -2.21. The Morgan fingerprint density at radius 3 is 2.82 bits per heavy atom. The first-order valence-corrected chi connectivity index (χ1v) is 10.1. The molecule has 0 atom stereocenters. The Labute approximate surface area is 174 Å². The number of benzene rings is 2. The van der Waals surface area contributed by atoms with Crippen LogP contribution < -0.4 is 10.1 Å². The predicted molar refractivity (Wildman–Crippen MR) is 111 cm³/mol. The molecule has 2 aromatic carbocycles. The second-order valence-corrected chi connectivity index (χ2v) is 7.48. The molecule has 1 amide bonds. The highest BCUT2D eigenvalue weighted by Gasteiger charge is 2.12. The first-order chi connectivity index (χ1) is 13.5. The molecule has 0 radical (unpaired) electrons. The van der Waals surface area contributed by atoms with Crippen molar-refractivity contribution in [1.29, 1.82) is 0 Å². The van der Waals surface area contributed by atoms with Crippen molar-refractivity contribution in [2.75, 3.05) is 11.9 Å². The number of halogens is 1. The number of hydrogen-bond acceptors (Lipinski definition) is 6. The normalized spacial score (nSPS) is 10.4. The fourth-order valence-electron chi connectivity index (χ4n) is 2.30. The summed E-state index contributed by atoms with van der Waals surface area (Å²) in [4.78, 5) is 28.4. The Bertz CT molecular complexity index is 976. The molecule has 6 nitrogen and oxygen atoms in total. The number of aromatic nitrogens is 1. The Morgan fingerprint density at radius 1 is 1.21 bits per heavy atom. The van der Waals surface area contributed by atoms with E-state index in [1.165, 1.54) is 11.3 Å². The predicted octanol–water partition coefficient (Wildman–Crippen LogP) is 4.59. The highest BCUT2D eigenvalue weighted by Crippen LogP contribution is 2.23. The first-order valence-electron chi connectivity index (χ1n) is 8.34. The zero-order chi connectivity index (χ0) is 19.9. The van der Waals surface area contributed by atoms with Crippen molar-refractivity contribution in [3.8, 4) is 5.75 Å². The van der Waals surface area contributed by atoms with E-state index in [2.05, 4.69) is 26.2 Å². The molecule has 3 aromatic rings. The molecule has 144 valence electrons. The second kappa shape index (κ2) is 9.48. The van der Waals surface area contributed by atoms with Gasteiger partial charge in [-0.05, 0) is 58.7 Å². The monoisotopic (exact) mass is 460 g/mol. The topological polar surface area (TPSA) is 77.5 Å². The highest BCUT2D eigenvalue weighted by molar-refractivity contribution is 9.10. The van der Waals surface area contributed by atoms with Crippen LogP contribution >= 0.6 is 27.3 Å². The summed E-state index contributed by atoms with van der Waals surface area (Å²) in [7, 11) is 0. The van der Waals surface area contributed by atoms with E-state index in [-0.39, 0.29) is 6.61 Å². The molecule has 1 N–H and O–H groups in total. The lowest BCUT2D eigenvalue weighted by atomic mass is 10.2. The number of rotatable bonds is 7. The molecule has 8 heteroatoms. The lowest BCUT2D eigenvalue weighted by molar-refractivity contribution is -0.119. The summed E-state index contributed by atoms with van der Waals surface area (Å²) in [5.74, 6) is -0.499. The van der Waals surface area contributed by atoms with E-state index < -0.39 is 11.9 Å². The number of nitrogens with one attached hydrogen (secondary N) is 1. The number of hydrogen-bond donors (Lipinski definition) is 1. The van der Waals surface area contributed by atoms with Gasteiger partial charge in [0.15, 0.2) is 6.61 Å². The van der Waals surface area contributed by atoms with Crippen molar-refractivity contribution in [3.05, 3.63) is 74.6 Å². The summed E-state index contributed by atoms with van der Waals surface area (Å²) in [5, 5.41) is 4.59. The largest absolute Gasteiger partial charge is 0.487 e. The average molecular weight is 461 g/mol. The van der Waals surface area contributed by atoms with E-state index in [1.807, 2.05) is 24.4 Å². The van der Waals surface area contributed by atoms with E-state index >= 15 is 0 Å². The van der Waals surface area contributed by atoms with E-state index in [1.54, 1.807) is 35.8 Å². The summed E-state index contributed by atoms with van der Waals surface area (Å²) in [6, 6.07) is 12.2. The van der Waals surface area contributed by atoms with E-state index in [4.69, 9.17) is 9.47 Å². The maximum atomic E-state index is 12.2. The van der Waals surface area contributed by atoms with Gasteiger partial charge in [0.25, 0.3) is 5.91 Å². The van der Waals surface area contributed by atoms with Crippen molar-refractivity contribution in [2.45, 2.75) is 13.5 Å². The number of nitrogens with zero attached hydrogens (tertiary/aromatic N) is 1. The van der Waals surface area contributed by atoms with E-state index in [9.17, 15) is 9.59 Å². The van der Waals surface area contributed by atoms with Gasteiger partial charge in [0.05, 0.1) is 22.5 Å². The molecule has 0 saturated heterocycles. The molecule has 0 aliphatic rings. The van der Waals surface area contributed by atoms with Crippen LogP contribution in [-0.2, 0) is 16.1 Å². The molecule has 28 heavy (non-hydrogen) atoms. The minimum atomic E-state index is -0.600. The van der Waals surface area contributed by atoms with Crippen molar-refractivity contribution >= 4 is 44.8 Å². The first kappa shape index (κ1) is 20.0. The molecule has 0 unspecified atom stereocenters. The van der Waals surface area contributed by atoms with Gasteiger partial charge in [-0.3, -0.25) is 4.79 Å². The third-order valence-electron chi connectivity index (χ3n) is 3.67. The minimum absolute atomic E-state index is 0.306. The summed E-state index contributed by atoms with van der Waals surface area (Å²) in [5.41, 5.74) is 4.53. The van der Waals surface area contributed by atoms with Crippen molar-refractivity contribution in [2.24, 2.45) is 0 Å². The fourth-order valence-corrected chi connectivity index (χ4v) is 3.44. The zero-order valence-electron chi connectivity index (χ0n) is 15.0. The number of aryl methyl sites for hydroxylation is 1. The standard InChI is InChI=1S/C20H17BrN2O4S/c1-13-5-6-18(17(21)7-13)23-19(24)10-27-20(25)14-3-2-4-16(8-14)26-9-15-11-28-12-22-15/h2-8,11-12H,9-10H2,1H3,(H,23,24). The summed E-state index contributed by atoms with van der Waals surface area (Å²) < 4.78 is 11.5. The molecular formula is C20H17BrN2O4S. The van der Waals surface area contributed by atoms with Crippen LogP contribution in [-0.4, -0.2) is 23.5 Å². The quantitative estimate of drug-likeness (QED) is 0.521. The van der Waals surface area contributed by atoms with Gasteiger partial charge in [0, 0.05) is 9.85 Å². The van der Waals surface area contributed by atoms with Crippen LogP contribution in [0.3, 0.4) is 0 Å². The summed E-state index contributed by atoms with van der Waals surface area (Å²) in [6.45, 7) is 1.88. The molecule has 0 aliphatic carbocycles. The van der Waals surface area contributed by atoms with Gasteiger partial charge >= 0.3 is 5.97 Å². The van der Waals surface area contributed by atoms with Gasteiger partial charge in [0.2, 0.25) is 0 Å². The molecule has 0 bridgehead atoms. The zero-order valence-corrected chi connectivity index (χ0v) is 17.4. The maximum Gasteiger partial charge on any atom is 0.338 e. The molecule has 0 spiro atoms. The van der Waals surface area contributed by atoms with Crippen molar-refractivity contribution in [3.63, 3.8) is 0 Å². The molecule has 0 fully saturated rings. The van der Waals surface area contributed by atoms with Gasteiger partial charge in [-0.15, -0.1) is 11.3 Å². The van der Waals surface area contributed by atoms with Crippen LogP contribution in [0.4, 0.5) is 5.69 Å². The minimum Gasteiger partial charge on any atom is -0.487 e. The number of carbonyl (C=O) groups is 2. The third-order valence-corrected chi connectivity index (χ3v) is 4.96. The molecule has 0 saturated carbocycles. The fraction of sp³-hybridized carbons (Fsp3) is 0.150. The smallest absolute Gasteiger partial charge is 0.338 e. The lowest BCUT2D eigenvalue weighted by Gasteiger charge is -2.09. The highest BCUT2D eigenvalue weighted by atomic mass is 79.9. The Morgan fingerprint density at radius 2 is 2.07 bits per heavy atom. The van der Waals surface area contributed by atoms with Gasteiger partial charge in [-0.2, -0.15) is 0 Å². The van der Waals surface area contributed by atoms with Crippen molar-refractivity contribution < 1.29 is 19.1 Å². The van der Waals surface area contributed by atoms with Gasteiger partial charge in [0.1, 0.15) is 12.4 Å². The number of ether oxygens (including phenoxy) is 2. The second-order valence-electron chi connectivity index (χ2n) is 5.90. The van der Waals surface area contributed by atoms with Crippen LogP contribution in [0.1, 0.15) is 21.6 Å².